The summed E-state index contributed by atoms with van der Waals surface area (Å²) < 4.78 is 13.1. The third kappa shape index (κ3) is 2.48. The number of nitrogen functional groups attached to an aromatic ring is 1. The second-order valence-electron chi connectivity index (χ2n) is 5.16. The second-order valence-corrected chi connectivity index (χ2v) is 5.16. The van der Waals surface area contributed by atoms with E-state index in [1.54, 1.807) is 0 Å². The van der Waals surface area contributed by atoms with Crippen molar-refractivity contribution in [2.24, 2.45) is 0 Å². The van der Waals surface area contributed by atoms with E-state index in [0.29, 0.717) is 6.42 Å². The lowest BCUT2D eigenvalue weighted by Crippen LogP contribution is -2.33. The second kappa shape index (κ2) is 5.18. The van der Waals surface area contributed by atoms with E-state index in [1.165, 1.54) is 12.1 Å². The molecule has 1 aliphatic carbocycles. The molecule has 1 aliphatic rings. The number of hydrogen-bond donors (Lipinski definition) is 3. The predicted molar refractivity (Wildman–Crippen MR) is 77.2 cm³/mol. The smallest absolute Gasteiger partial charge is 0.251 e. The number of benzene rings is 2. The number of hydrogen-bond acceptors (Lipinski definition) is 3. The first-order valence-corrected chi connectivity index (χ1v) is 6.68. The number of nitrogens with one attached hydrogen (secondary N) is 1. The summed E-state index contributed by atoms with van der Waals surface area (Å²) >= 11 is 0. The summed E-state index contributed by atoms with van der Waals surface area (Å²) in [5, 5.41) is 12.9. The van der Waals surface area contributed by atoms with E-state index in [4.69, 9.17) is 5.73 Å². The van der Waals surface area contributed by atoms with Crippen molar-refractivity contribution in [3.05, 3.63) is 65.0 Å². The van der Waals surface area contributed by atoms with Crippen molar-refractivity contribution in [1.29, 1.82) is 0 Å². The number of aliphatic hydroxyl groups excluding tert-OH is 1. The molecule has 4 N–H and O–H groups in total. The van der Waals surface area contributed by atoms with Crippen LogP contribution in [0.4, 0.5) is 10.1 Å². The molecule has 0 aromatic heterocycles. The van der Waals surface area contributed by atoms with Crippen molar-refractivity contribution < 1.29 is 14.3 Å². The van der Waals surface area contributed by atoms with Crippen molar-refractivity contribution in [2.45, 2.75) is 18.6 Å². The first kappa shape index (κ1) is 13.6. The number of carbonyl (C=O) groups is 1. The quantitative estimate of drug-likeness (QED) is 0.737. The molecule has 0 aliphatic heterocycles. The van der Waals surface area contributed by atoms with Crippen LogP contribution < -0.4 is 11.1 Å². The summed E-state index contributed by atoms with van der Waals surface area (Å²) in [6.45, 7) is 0. The molecule has 0 saturated carbocycles. The molecule has 0 fully saturated rings. The van der Waals surface area contributed by atoms with Crippen LogP contribution in [0, 0.1) is 5.82 Å². The Bertz CT molecular complexity index is 702. The number of anilines is 1. The van der Waals surface area contributed by atoms with Gasteiger partial charge in [0.15, 0.2) is 0 Å². The van der Waals surface area contributed by atoms with Gasteiger partial charge in [-0.25, -0.2) is 4.39 Å². The van der Waals surface area contributed by atoms with E-state index in [1.807, 2.05) is 24.3 Å². The molecular formula is C16H15FN2O2. The maximum atomic E-state index is 13.1. The molecule has 2 atom stereocenters. The third-order valence-electron chi connectivity index (χ3n) is 3.75. The average Bonchev–Trinajstić information content (AvgIpc) is 2.78. The minimum atomic E-state index is -0.663. The van der Waals surface area contributed by atoms with E-state index >= 15 is 0 Å². The Morgan fingerprint density at radius 1 is 1.29 bits per heavy atom. The summed E-state index contributed by atoms with van der Waals surface area (Å²) in [5.41, 5.74) is 7.59. The topological polar surface area (TPSA) is 75.4 Å². The van der Waals surface area contributed by atoms with Crippen molar-refractivity contribution in [2.75, 3.05) is 5.73 Å². The van der Waals surface area contributed by atoms with Crippen LogP contribution in [0.1, 0.15) is 27.5 Å². The van der Waals surface area contributed by atoms with Crippen LogP contribution in [-0.4, -0.2) is 17.1 Å². The summed E-state index contributed by atoms with van der Waals surface area (Å²) in [4.78, 5) is 12.2. The molecule has 4 nitrogen and oxygen atoms in total. The van der Waals surface area contributed by atoms with Gasteiger partial charge in [0, 0.05) is 12.0 Å². The standard InChI is InChI=1S/C16H15FN2O2/c17-12-6-5-10(7-13(12)18)16(21)19-15-11-4-2-1-3-9(11)8-14(15)20/h1-7,14-15,20H,8,18H2,(H,19,21). The number of nitrogens with two attached hydrogens (primary N) is 1. The maximum Gasteiger partial charge on any atom is 0.251 e. The molecule has 2 aromatic carbocycles. The van der Waals surface area contributed by atoms with E-state index in [2.05, 4.69) is 5.32 Å². The van der Waals surface area contributed by atoms with Crippen LogP contribution in [0.2, 0.25) is 0 Å². The molecule has 0 saturated heterocycles. The Kier molecular flexibility index (Phi) is 3.35. The highest BCUT2D eigenvalue weighted by Gasteiger charge is 2.32. The molecule has 0 bridgehead atoms. The average molecular weight is 286 g/mol. The fraction of sp³-hybridized carbons (Fsp3) is 0.188. The first-order chi connectivity index (χ1) is 10.1. The number of carbonyl (C=O) groups excluding carboxylic acids is 1. The van der Waals surface area contributed by atoms with E-state index in [0.717, 1.165) is 17.2 Å². The molecule has 5 heteroatoms. The number of amides is 1. The predicted octanol–water partition coefficient (Wildman–Crippen LogP) is 1.80. The monoisotopic (exact) mass is 286 g/mol. The lowest BCUT2D eigenvalue weighted by Gasteiger charge is -2.18. The zero-order chi connectivity index (χ0) is 15.0. The Balaban J connectivity index is 1.83. The van der Waals surface area contributed by atoms with Gasteiger partial charge in [0.05, 0.1) is 17.8 Å². The lowest BCUT2D eigenvalue weighted by atomic mass is 10.1. The van der Waals surface area contributed by atoms with Gasteiger partial charge in [-0.2, -0.15) is 0 Å². The fourth-order valence-corrected chi connectivity index (χ4v) is 2.66. The normalized spacial score (nSPS) is 20.1. The van der Waals surface area contributed by atoms with Gasteiger partial charge in [-0.05, 0) is 29.3 Å². The molecule has 0 radical (unpaired) electrons. The molecule has 2 aromatic rings. The SMILES string of the molecule is Nc1cc(C(=O)NC2c3ccccc3CC2O)ccc1F. The van der Waals surface area contributed by atoms with Crippen molar-refractivity contribution in [1.82, 2.24) is 5.32 Å². The minimum absolute atomic E-state index is 0.0741. The van der Waals surface area contributed by atoms with Crippen LogP contribution in [-0.2, 0) is 6.42 Å². The molecule has 21 heavy (non-hydrogen) atoms. The summed E-state index contributed by atoms with van der Waals surface area (Å²) in [7, 11) is 0. The van der Waals surface area contributed by atoms with Gasteiger partial charge in [-0.1, -0.05) is 24.3 Å². The third-order valence-corrected chi connectivity index (χ3v) is 3.75. The molecule has 3 rings (SSSR count). The van der Waals surface area contributed by atoms with Gasteiger partial charge in [0.2, 0.25) is 0 Å². The van der Waals surface area contributed by atoms with Crippen LogP contribution in [0.15, 0.2) is 42.5 Å². The molecular weight excluding hydrogens is 271 g/mol. The zero-order valence-corrected chi connectivity index (χ0v) is 11.2. The maximum absolute atomic E-state index is 13.1. The molecule has 0 heterocycles. The largest absolute Gasteiger partial charge is 0.396 e. The zero-order valence-electron chi connectivity index (χ0n) is 11.2. The van der Waals surface area contributed by atoms with Crippen molar-refractivity contribution in [3.8, 4) is 0 Å². The fourth-order valence-electron chi connectivity index (χ4n) is 2.66. The Morgan fingerprint density at radius 2 is 2.05 bits per heavy atom. The van der Waals surface area contributed by atoms with Crippen LogP contribution in [0.25, 0.3) is 0 Å². The molecule has 1 amide bonds. The van der Waals surface area contributed by atoms with Gasteiger partial charge in [0.1, 0.15) is 5.82 Å². The number of fused-ring (bicyclic) bond motifs is 1. The van der Waals surface area contributed by atoms with Gasteiger partial charge < -0.3 is 16.2 Å². The van der Waals surface area contributed by atoms with Crippen LogP contribution in [0.3, 0.4) is 0 Å². The highest BCUT2D eigenvalue weighted by atomic mass is 19.1. The molecule has 0 spiro atoms. The van der Waals surface area contributed by atoms with Crippen LogP contribution >= 0.6 is 0 Å². The molecule has 108 valence electrons. The van der Waals surface area contributed by atoms with E-state index in [9.17, 15) is 14.3 Å². The first-order valence-electron chi connectivity index (χ1n) is 6.68. The summed E-state index contributed by atoms with van der Waals surface area (Å²) in [6, 6.07) is 10.9. The van der Waals surface area contributed by atoms with Crippen LogP contribution in [0.5, 0.6) is 0 Å². The number of rotatable bonds is 2. The lowest BCUT2D eigenvalue weighted by molar-refractivity contribution is 0.0858. The van der Waals surface area contributed by atoms with Crippen molar-refractivity contribution >= 4 is 11.6 Å². The van der Waals surface area contributed by atoms with Gasteiger partial charge in [-0.3, -0.25) is 4.79 Å². The van der Waals surface area contributed by atoms with Gasteiger partial charge >= 0.3 is 0 Å². The van der Waals surface area contributed by atoms with Crippen molar-refractivity contribution in [3.63, 3.8) is 0 Å². The highest BCUT2D eigenvalue weighted by molar-refractivity contribution is 5.95. The van der Waals surface area contributed by atoms with E-state index in [-0.39, 0.29) is 17.2 Å². The summed E-state index contributed by atoms with van der Waals surface area (Å²) in [6.07, 6.45) is -0.156. The molecule has 2 unspecified atom stereocenters. The minimum Gasteiger partial charge on any atom is -0.396 e. The van der Waals surface area contributed by atoms with E-state index < -0.39 is 18.0 Å². The Hall–Kier alpha value is -2.40. The Morgan fingerprint density at radius 3 is 2.81 bits per heavy atom. The number of aliphatic hydroxyl groups is 1. The summed E-state index contributed by atoms with van der Waals surface area (Å²) in [5.74, 6) is -0.944. The number of halogens is 1. The Labute approximate surface area is 121 Å². The highest BCUT2D eigenvalue weighted by Crippen LogP contribution is 2.31. The van der Waals surface area contributed by atoms with Gasteiger partial charge in [-0.15, -0.1) is 0 Å². The van der Waals surface area contributed by atoms with Gasteiger partial charge in [0.25, 0.3) is 5.91 Å².